The van der Waals surface area contributed by atoms with Crippen LogP contribution in [0.15, 0.2) is 24.3 Å². The number of carbonyl (C=O) groups excluding carboxylic acids is 2. The Hall–Kier alpha value is -2.37. The molecular weight excluding hydrogens is 296 g/mol. The summed E-state index contributed by atoms with van der Waals surface area (Å²) in [7, 11) is 3.36. The van der Waals surface area contributed by atoms with Crippen LogP contribution in [0, 0.1) is 0 Å². The van der Waals surface area contributed by atoms with Gasteiger partial charge in [0.05, 0.1) is 0 Å². The summed E-state index contributed by atoms with van der Waals surface area (Å²) < 4.78 is 0. The van der Waals surface area contributed by atoms with Crippen molar-refractivity contribution in [3.8, 4) is 0 Å². The van der Waals surface area contributed by atoms with E-state index in [1.165, 1.54) is 4.90 Å². The van der Waals surface area contributed by atoms with Crippen molar-refractivity contribution in [3.05, 3.63) is 35.4 Å². The maximum atomic E-state index is 12.0. The van der Waals surface area contributed by atoms with Crippen LogP contribution in [-0.4, -0.2) is 48.4 Å². The molecule has 0 bridgehead atoms. The standard InChI is InChI=1S/C17H24N2O4/c1-19(2)17(23)14-10-8-13(9-11-14)16(22)18-12-6-4-3-5-7-15(20)21/h8-11H,3-7,12H2,1-2H3,(H,18,22)(H,20,21). The quantitative estimate of drug-likeness (QED) is 0.683. The molecule has 0 aliphatic heterocycles. The van der Waals surface area contributed by atoms with Gasteiger partial charge >= 0.3 is 5.97 Å². The summed E-state index contributed by atoms with van der Waals surface area (Å²) in [5, 5.41) is 11.3. The molecule has 1 aromatic carbocycles. The van der Waals surface area contributed by atoms with Gasteiger partial charge in [-0.1, -0.05) is 12.8 Å². The minimum absolute atomic E-state index is 0.0988. The predicted molar refractivity (Wildman–Crippen MR) is 87.5 cm³/mol. The van der Waals surface area contributed by atoms with Gasteiger partial charge in [-0.15, -0.1) is 0 Å². The Labute approximate surface area is 136 Å². The molecule has 0 radical (unpaired) electrons. The van der Waals surface area contributed by atoms with E-state index in [0.29, 0.717) is 24.1 Å². The fourth-order valence-electron chi connectivity index (χ4n) is 2.08. The van der Waals surface area contributed by atoms with Gasteiger partial charge in [-0.05, 0) is 37.1 Å². The van der Waals surface area contributed by atoms with Crippen LogP contribution < -0.4 is 5.32 Å². The van der Waals surface area contributed by atoms with E-state index in [1.807, 2.05) is 0 Å². The summed E-state index contributed by atoms with van der Waals surface area (Å²) in [6.07, 6.45) is 3.44. The second-order valence-corrected chi connectivity index (χ2v) is 5.59. The van der Waals surface area contributed by atoms with Crippen molar-refractivity contribution >= 4 is 17.8 Å². The summed E-state index contributed by atoms with van der Waals surface area (Å²) in [4.78, 5) is 35.5. The molecule has 0 saturated carbocycles. The van der Waals surface area contributed by atoms with Crippen molar-refractivity contribution in [2.75, 3.05) is 20.6 Å². The van der Waals surface area contributed by atoms with E-state index >= 15 is 0 Å². The van der Waals surface area contributed by atoms with Gasteiger partial charge in [0.15, 0.2) is 0 Å². The number of nitrogens with one attached hydrogen (secondary N) is 1. The number of benzene rings is 1. The molecule has 2 amide bonds. The molecule has 0 fully saturated rings. The third-order valence-electron chi connectivity index (χ3n) is 3.40. The predicted octanol–water partition coefficient (Wildman–Crippen LogP) is 2.15. The van der Waals surface area contributed by atoms with E-state index in [0.717, 1.165) is 19.3 Å². The van der Waals surface area contributed by atoms with Gasteiger partial charge in [-0.25, -0.2) is 0 Å². The minimum Gasteiger partial charge on any atom is -0.481 e. The molecule has 0 spiro atoms. The van der Waals surface area contributed by atoms with Crippen molar-refractivity contribution in [1.82, 2.24) is 10.2 Å². The SMILES string of the molecule is CN(C)C(=O)c1ccc(C(=O)NCCCCCCC(=O)O)cc1. The number of carboxylic acid groups (broad SMARTS) is 1. The highest BCUT2D eigenvalue weighted by Crippen LogP contribution is 2.07. The first-order valence-corrected chi connectivity index (χ1v) is 7.73. The molecule has 1 rings (SSSR count). The lowest BCUT2D eigenvalue weighted by molar-refractivity contribution is -0.137. The maximum Gasteiger partial charge on any atom is 0.303 e. The number of hydrogen-bond acceptors (Lipinski definition) is 3. The highest BCUT2D eigenvalue weighted by atomic mass is 16.4. The molecule has 1 aromatic rings. The van der Waals surface area contributed by atoms with Gasteiger partial charge in [-0.2, -0.15) is 0 Å². The Morgan fingerprint density at radius 3 is 2.09 bits per heavy atom. The van der Waals surface area contributed by atoms with Gasteiger partial charge in [-0.3, -0.25) is 14.4 Å². The average Bonchev–Trinajstić information content (AvgIpc) is 2.52. The number of hydrogen-bond donors (Lipinski definition) is 2. The van der Waals surface area contributed by atoms with Gasteiger partial charge in [0, 0.05) is 38.2 Å². The van der Waals surface area contributed by atoms with Crippen LogP contribution in [-0.2, 0) is 4.79 Å². The van der Waals surface area contributed by atoms with Crippen molar-refractivity contribution in [1.29, 1.82) is 0 Å². The zero-order valence-corrected chi connectivity index (χ0v) is 13.7. The fraction of sp³-hybridized carbons (Fsp3) is 0.471. The molecule has 6 nitrogen and oxygen atoms in total. The molecular formula is C17H24N2O4. The largest absolute Gasteiger partial charge is 0.481 e. The number of carboxylic acids is 1. The summed E-state index contributed by atoms with van der Waals surface area (Å²) in [6.45, 7) is 0.560. The fourth-order valence-corrected chi connectivity index (χ4v) is 2.08. The van der Waals surface area contributed by atoms with Crippen LogP contribution in [0.5, 0.6) is 0 Å². The minimum atomic E-state index is -0.769. The molecule has 0 atom stereocenters. The Morgan fingerprint density at radius 1 is 0.957 bits per heavy atom. The molecule has 0 heterocycles. The lowest BCUT2D eigenvalue weighted by Crippen LogP contribution is -2.25. The second kappa shape index (κ2) is 9.61. The van der Waals surface area contributed by atoms with Crippen molar-refractivity contribution in [2.45, 2.75) is 32.1 Å². The molecule has 6 heteroatoms. The van der Waals surface area contributed by atoms with Crippen LogP contribution in [0.1, 0.15) is 52.8 Å². The van der Waals surface area contributed by atoms with Crippen molar-refractivity contribution in [2.24, 2.45) is 0 Å². The number of rotatable bonds is 9. The first-order chi connectivity index (χ1) is 10.9. The number of unbranched alkanes of at least 4 members (excludes halogenated alkanes) is 3. The Balaban J connectivity index is 2.30. The summed E-state index contributed by atoms with van der Waals surface area (Å²) >= 11 is 0. The van der Waals surface area contributed by atoms with Crippen LogP contribution in [0.4, 0.5) is 0 Å². The molecule has 0 unspecified atom stereocenters. The topological polar surface area (TPSA) is 86.7 Å². The van der Waals surface area contributed by atoms with E-state index < -0.39 is 5.97 Å². The Kier molecular flexibility index (Phi) is 7.80. The first-order valence-electron chi connectivity index (χ1n) is 7.73. The number of aliphatic carboxylic acids is 1. The van der Waals surface area contributed by atoms with Crippen LogP contribution in [0.25, 0.3) is 0 Å². The second-order valence-electron chi connectivity index (χ2n) is 5.59. The number of amides is 2. The lowest BCUT2D eigenvalue weighted by atomic mass is 10.1. The molecule has 0 aromatic heterocycles. The van der Waals surface area contributed by atoms with Gasteiger partial charge in [0.2, 0.25) is 0 Å². The smallest absolute Gasteiger partial charge is 0.303 e. The number of nitrogens with zero attached hydrogens (tertiary/aromatic N) is 1. The van der Waals surface area contributed by atoms with Gasteiger partial charge < -0.3 is 15.3 Å². The monoisotopic (exact) mass is 320 g/mol. The Morgan fingerprint density at radius 2 is 1.52 bits per heavy atom. The summed E-state index contributed by atoms with van der Waals surface area (Å²) in [5.41, 5.74) is 1.07. The van der Waals surface area contributed by atoms with E-state index in [2.05, 4.69) is 5.32 Å². The third kappa shape index (κ3) is 6.95. The molecule has 126 valence electrons. The van der Waals surface area contributed by atoms with E-state index in [1.54, 1.807) is 38.4 Å². The van der Waals surface area contributed by atoms with Crippen molar-refractivity contribution in [3.63, 3.8) is 0 Å². The van der Waals surface area contributed by atoms with E-state index in [-0.39, 0.29) is 18.2 Å². The molecule has 0 aliphatic rings. The van der Waals surface area contributed by atoms with Crippen LogP contribution in [0.3, 0.4) is 0 Å². The highest BCUT2D eigenvalue weighted by molar-refractivity contribution is 5.97. The maximum absolute atomic E-state index is 12.0. The zero-order chi connectivity index (χ0) is 17.2. The Bertz CT molecular complexity index is 538. The normalized spacial score (nSPS) is 10.2. The molecule has 23 heavy (non-hydrogen) atoms. The van der Waals surface area contributed by atoms with Crippen LogP contribution in [0.2, 0.25) is 0 Å². The van der Waals surface area contributed by atoms with Gasteiger partial charge in [0.1, 0.15) is 0 Å². The molecule has 0 saturated heterocycles. The molecule has 0 aliphatic carbocycles. The highest BCUT2D eigenvalue weighted by Gasteiger charge is 2.09. The van der Waals surface area contributed by atoms with E-state index in [9.17, 15) is 14.4 Å². The summed E-state index contributed by atoms with van der Waals surface area (Å²) in [5.74, 6) is -1.03. The van der Waals surface area contributed by atoms with Crippen molar-refractivity contribution < 1.29 is 19.5 Å². The van der Waals surface area contributed by atoms with Crippen LogP contribution >= 0.6 is 0 Å². The summed E-state index contributed by atoms with van der Waals surface area (Å²) in [6, 6.07) is 6.56. The lowest BCUT2D eigenvalue weighted by Gasteiger charge is -2.10. The zero-order valence-electron chi connectivity index (χ0n) is 13.7. The van der Waals surface area contributed by atoms with Gasteiger partial charge in [0.25, 0.3) is 11.8 Å². The number of carbonyl (C=O) groups is 3. The average molecular weight is 320 g/mol. The molecule has 2 N–H and O–H groups in total. The van der Waals surface area contributed by atoms with E-state index in [4.69, 9.17) is 5.11 Å². The third-order valence-corrected chi connectivity index (χ3v) is 3.40. The first kappa shape index (κ1) is 18.7.